The van der Waals surface area contributed by atoms with E-state index in [2.05, 4.69) is 5.32 Å². The summed E-state index contributed by atoms with van der Waals surface area (Å²) >= 11 is 0. The molecule has 0 aromatic heterocycles. The van der Waals surface area contributed by atoms with Crippen molar-refractivity contribution in [2.75, 3.05) is 19.7 Å². The van der Waals surface area contributed by atoms with E-state index in [0.29, 0.717) is 25.6 Å². The van der Waals surface area contributed by atoms with Crippen LogP contribution in [0.15, 0.2) is 0 Å². The Labute approximate surface area is 126 Å². The predicted molar refractivity (Wildman–Crippen MR) is 77.9 cm³/mol. The molecule has 2 fully saturated rings. The maximum atomic E-state index is 12.0. The summed E-state index contributed by atoms with van der Waals surface area (Å²) in [5, 5.41) is 2.89. The second kappa shape index (κ2) is 5.83. The number of ether oxygens (including phenoxy) is 2. The molecular formula is C15H26N2O4. The predicted octanol–water partition coefficient (Wildman–Crippen LogP) is 1.68. The minimum absolute atomic E-state index is 0.0508. The summed E-state index contributed by atoms with van der Waals surface area (Å²) in [5.41, 5.74) is -0.973. The van der Waals surface area contributed by atoms with Crippen molar-refractivity contribution in [2.45, 2.75) is 64.2 Å². The number of amides is 2. The summed E-state index contributed by atoms with van der Waals surface area (Å²) < 4.78 is 11.1. The average Bonchev–Trinajstić information content (AvgIpc) is 3.06. The van der Waals surface area contributed by atoms with Crippen LogP contribution in [0.2, 0.25) is 0 Å². The molecule has 0 aromatic carbocycles. The van der Waals surface area contributed by atoms with Crippen molar-refractivity contribution in [3.8, 4) is 0 Å². The second-order valence-electron chi connectivity index (χ2n) is 7.23. The topological polar surface area (TPSA) is 67.9 Å². The van der Waals surface area contributed by atoms with Crippen molar-refractivity contribution < 1.29 is 19.1 Å². The zero-order chi connectivity index (χ0) is 15.7. The van der Waals surface area contributed by atoms with Gasteiger partial charge in [0, 0.05) is 12.6 Å². The van der Waals surface area contributed by atoms with Gasteiger partial charge < -0.3 is 19.7 Å². The van der Waals surface area contributed by atoms with Crippen molar-refractivity contribution in [3.05, 3.63) is 0 Å². The first-order valence-corrected chi connectivity index (χ1v) is 7.58. The molecule has 6 heteroatoms. The van der Waals surface area contributed by atoms with Crippen molar-refractivity contribution >= 4 is 12.0 Å². The van der Waals surface area contributed by atoms with Gasteiger partial charge in [0.15, 0.2) is 0 Å². The van der Waals surface area contributed by atoms with E-state index in [9.17, 15) is 9.59 Å². The minimum Gasteiger partial charge on any atom is -0.444 e. The highest BCUT2D eigenvalue weighted by atomic mass is 16.6. The van der Waals surface area contributed by atoms with E-state index >= 15 is 0 Å². The summed E-state index contributed by atoms with van der Waals surface area (Å²) in [6.07, 6.45) is 2.52. The Morgan fingerprint density at radius 3 is 2.57 bits per heavy atom. The van der Waals surface area contributed by atoms with Crippen molar-refractivity contribution in [1.82, 2.24) is 10.2 Å². The van der Waals surface area contributed by atoms with Crippen molar-refractivity contribution in [1.29, 1.82) is 0 Å². The first-order valence-electron chi connectivity index (χ1n) is 7.58. The molecule has 1 saturated heterocycles. The van der Waals surface area contributed by atoms with E-state index in [1.54, 1.807) is 4.90 Å². The molecule has 2 amide bonds. The Bertz CT molecular complexity index is 414. The third-order valence-electron chi connectivity index (χ3n) is 3.58. The van der Waals surface area contributed by atoms with Crippen LogP contribution in [0.3, 0.4) is 0 Å². The fraction of sp³-hybridized carbons (Fsp3) is 0.867. The third-order valence-corrected chi connectivity index (χ3v) is 3.58. The van der Waals surface area contributed by atoms with Crippen LogP contribution in [0, 0.1) is 0 Å². The van der Waals surface area contributed by atoms with Gasteiger partial charge >= 0.3 is 6.09 Å². The van der Waals surface area contributed by atoms with Crippen molar-refractivity contribution in [3.63, 3.8) is 0 Å². The molecular weight excluding hydrogens is 272 g/mol. The molecule has 1 heterocycles. The molecule has 1 N–H and O–H groups in total. The van der Waals surface area contributed by atoms with Gasteiger partial charge in [0.25, 0.3) is 0 Å². The lowest BCUT2D eigenvalue weighted by Crippen LogP contribution is -2.41. The van der Waals surface area contributed by atoms with Crippen LogP contribution in [0.4, 0.5) is 4.79 Å². The lowest BCUT2D eigenvalue weighted by atomic mass is 10.1. The first kappa shape index (κ1) is 16.1. The number of likely N-dealkylation sites (tertiary alicyclic amines) is 1. The average molecular weight is 298 g/mol. The second-order valence-corrected chi connectivity index (χ2v) is 7.23. The van der Waals surface area contributed by atoms with E-state index in [-0.39, 0.29) is 18.6 Å². The van der Waals surface area contributed by atoms with Crippen LogP contribution >= 0.6 is 0 Å². The summed E-state index contributed by atoms with van der Waals surface area (Å²) in [4.78, 5) is 25.3. The van der Waals surface area contributed by atoms with Crippen LogP contribution in [-0.2, 0) is 14.3 Å². The summed E-state index contributed by atoms with van der Waals surface area (Å²) in [6.45, 7) is 8.57. The molecule has 0 radical (unpaired) electrons. The zero-order valence-corrected chi connectivity index (χ0v) is 13.4. The van der Waals surface area contributed by atoms with Crippen LogP contribution < -0.4 is 5.32 Å². The normalized spacial score (nSPS) is 25.8. The van der Waals surface area contributed by atoms with E-state index in [0.717, 1.165) is 12.8 Å². The molecule has 120 valence electrons. The van der Waals surface area contributed by atoms with Gasteiger partial charge in [-0.2, -0.15) is 0 Å². The van der Waals surface area contributed by atoms with Crippen LogP contribution in [-0.4, -0.2) is 53.8 Å². The number of hydrogen-bond acceptors (Lipinski definition) is 4. The highest BCUT2D eigenvalue weighted by molar-refractivity contribution is 5.77. The highest BCUT2D eigenvalue weighted by Crippen LogP contribution is 2.26. The van der Waals surface area contributed by atoms with Gasteiger partial charge in [-0.25, -0.2) is 4.79 Å². The monoisotopic (exact) mass is 298 g/mol. The fourth-order valence-corrected chi connectivity index (χ4v) is 2.27. The highest BCUT2D eigenvalue weighted by Gasteiger charge is 2.39. The molecule has 0 aromatic rings. The third kappa shape index (κ3) is 5.19. The molecule has 0 spiro atoms. The Morgan fingerprint density at radius 2 is 2.00 bits per heavy atom. The van der Waals surface area contributed by atoms with E-state index in [4.69, 9.17) is 9.47 Å². The minimum atomic E-state index is -0.499. The lowest BCUT2D eigenvalue weighted by Gasteiger charge is -2.27. The van der Waals surface area contributed by atoms with Gasteiger partial charge in [0.2, 0.25) is 5.91 Å². The quantitative estimate of drug-likeness (QED) is 0.857. The number of rotatable bonds is 4. The Hall–Kier alpha value is -1.30. The number of carbonyl (C=O) groups excluding carboxylic acids is 2. The van der Waals surface area contributed by atoms with Crippen LogP contribution in [0.1, 0.15) is 47.0 Å². The van der Waals surface area contributed by atoms with E-state index in [1.807, 2.05) is 27.7 Å². The van der Waals surface area contributed by atoms with Crippen LogP contribution in [0.25, 0.3) is 0 Å². The lowest BCUT2D eigenvalue weighted by molar-refractivity contribution is -0.131. The molecule has 1 atom stereocenters. The van der Waals surface area contributed by atoms with E-state index in [1.165, 1.54) is 0 Å². The summed E-state index contributed by atoms with van der Waals surface area (Å²) in [5.74, 6) is -0.0746. The molecule has 1 aliphatic carbocycles. The molecule has 1 saturated carbocycles. The molecule has 1 aliphatic heterocycles. The fourth-order valence-electron chi connectivity index (χ4n) is 2.27. The standard InChI is InChI=1S/C15H26N2O4/c1-14(2,3)21-13(19)17-8-7-15(4,10-17)20-9-12(18)16-11-5-6-11/h11H,5-10H2,1-4H3,(H,16,18). The van der Waals surface area contributed by atoms with Gasteiger partial charge in [-0.1, -0.05) is 0 Å². The Morgan fingerprint density at radius 1 is 1.33 bits per heavy atom. The molecule has 2 rings (SSSR count). The molecule has 6 nitrogen and oxygen atoms in total. The smallest absolute Gasteiger partial charge is 0.410 e. The summed E-state index contributed by atoms with van der Waals surface area (Å²) in [6, 6.07) is 0.343. The molecule has 0 bridgehead atoms. The summed E-state index contributed by atoms with van der Waals surface area (Å²) in [7, 11) is 0. The van der Waals surface area contributed by atoms with Crippen molar-refractivity contribution in [2.24, 2.45) is 0 Å². The molecule has 2 aliphatic rings. The number of nitrogens with zero attached hydrogens (tertiary/aromatic N) is 1. The van der Waals surface area contributed by atoms with Gasteiger partial charge in [0.05, 0.1) is 12.1 Å². The zero-order valence-electron chi connectivity index (χ0n) is 13.4. The SMILES string of the molecule is CC(C)(C)OC(=O)N1CCC(C)(OCC(=O)NC2CC2)C1. The Balaban J connectivity index is 1.76. The van der Waals surface area contributed by atoms with Gasteiger partial charge in [-0.15, -0.1) is 0 Å². The molecule has 21 heavy (non-hydrogen) atoms. The maximum Gasteiger partial charge on any atom is 0.410 e. The number of nitrogens with one attached hydrogen (secondary N) is 1. The van der Waals surface area contributed by atoms with Gasteiger partial charge in [0.1, 0.15) is 12.2 Å². The Kier molecular flexibility index (Phi) is 4.46. The van der Waals surface area contributed by atoms with Gasteiger partial charge in [-0.05, 0) is 47.0 Å². The largest absolute Gasteiger partial charge is 0.444 e. The first-order chi connectivity index (χ1) is 9.67. The maximum absolute atomic E-state index is 12.0. The number of hydrogen-bond donors (Lipinski definition) is 1. The van der Waals surface area contributed by atoms with Gasteiger partial charge in [-0.3, -0.25) is 4.79 Å². The van der Waals surface area contributed by atoms with Crippen LogP contribution in [0.5, 0.6) is 0 Å². The molecule has 1 unspecified atom stereocenters. The van der Waals surface area contributed by atoms with E-state index < -0.39 is 11.2 Å². The number of carbonyl (C=O) groups is 2.